The minimum absolute atomic E-state index is 0.484. The predicted octanol–water partition coefficient (Wildman–Crippen LogP) is 13.5. The Kier molecular flexibility index (Phi) is 6.23. The second kappa shape index (κ2) is 11.2. The van der Waals surface area contributed by atoms with Gasteiger partial charge in [-0.1, -0.05) is 176 Å². The van der Waals surface area contributed by atoms with Crippen LogP contribution in [0.5, 0.6) is 0 Å². The lowest BCUT2D eigenvalue weighted by atomic mass is 9.70. The molecule has 9 aromatic carbocycles. The molecule has 0 bridgehead atoms. The van der Waals surface area contributed by atoms with Crippen molar-refractivity contribution < 1.29 is 0 Å². The SMILES string of the molecule is c1ccc(-c2ccccc2N(c2ccccc2)c2cc3c(c4ccccc24)-c2c(ccc4ccccc24)C32c3ccccc3-c3ccccc32)cc1. The molecule has 0 aromatic heterocycles. The van der Waals surface area contributed by atoms with Crippen LogP contribution in [0.25, 0.3) is 54.9 Å². The zero-order chi connectivity index (χ0) is 34.2. The summed E-state index contributed by atoms with van der Waals surface area (Å²) < 4.78 is 0. The van der Waals surface area contributed by atoms with Gasteiger partial charge in [0, 0.05) is 16.6 Å². The highest BCUT2D eigenvalue weighted by Crippen LogP contribution is 2.65. The first kappa shape index (κ1) is 29.1. The maximum absolute atomic E-state index is 2.54. The molecule has 52 heavy (non-hydrogen) atoms. The topological polar surface area (TPSA) is 3.24 Å². The standard InChI is InChI=1S/C51H33N/c1-3-17-34(18-4-1)37-22-13-16-30-47(37)52(36-20-5-2-6-21-36)48-33-46-50(42-27-10-9-26-41(42)48)49-38-23-8-7-19-35(38)31-32-45(49)51(46)43-28-14-11-24-39(43)40-25-12-15-29-44(40)51/h1-33H. The molecule has 11 rings (SSSR count). The summed E-state index contributed by atoms with van der Waals surface area (Å²) >= 11 is 0. The van der Waals surface area contributed by atoms with Crippen LogP contribution in [0.3, 0.4) is 0 Å². The fourth-order valence-electron chi connectivity index (χ4n) is 9.44. The van der Waals surface area contributed by atoms with E-state index in [1.165, 1.54) is 82.9 Å². The van der Waals surface area contributed by atoms with Crippen molar-refractivity contribution in [2.75, 3.05) is 4.90 Å². The van der Waals surface area contributed by atoms with Gasteiger partial charge in [-0.15, -0.1) is 0 Å². The zero-order valence-electron chi connectivity index (χ0n) is 28.5. The van der Waals surface area contributed by atoms with Crippen LogP contribution < -0.4 is 4.90 Å². The van der Waals surface area contributed by atoms with E-state index in [-0.39, 0.29) is 0 Å². The molecule has 0 saturated heterocycles. The highest BCUT2D eigenvalue weighted by Gasteiger charge is 2.52. The molecule has 0 atom stereocenters. The molecule has 0 unspecified atom stereocenters. The van der Waals surface area contributed by atoms with Gasteiger partial charge >= 0.3 is 0 Å². The average Bonchev–Trinajstić information content (AvgIpc) is 3.70. The number of benzene rings is 9. The summed E-state index contributed by atoms with van der Waals surface area (Å²) in [5, 5.41) is 5.06. The van der Waals surface area contributed by atoms with E-state index >= 15 is 0 Å². The molecule has 0 heterocycles. The highest BCUT2D eigenvalue weighted by molar-refractivity contribution is 6.17. The molecule has 0 saturated carbocycles. The van der Waals surface area contributed by atoms with Crippen LogP contribution in [0.15, 0.2) is 200 Å². The molecule has 1 nitrogen and oxygen atoms in total. The van der Waals surface area contributed by atoms with Gasteiger partial charge in [0.05, 0.1) is 16.8 Å². The van der Waals surface area contributed by atoms with Crippen molar-refractivity contribution in [3.05, 3.63) is 222 Å². The molecule has 2 aliphatic carbocycles. The Bertz CT molecular complexity index is 2800. The Labute approximate surface area is 303 Å². The average molecular weight is 660 g/mol. The molecular weight excluding hydrogens is 627 g/mol. The molecule has 0 aliphatic heterocycles. The summed E-state index contributed by atoms with van der Waals surface area (Å²) in [5.41, 5.74) is 16.0. The van der Waals surface area contributed by atoms with E-state index in [1.54, 1.807) is 0 Å². The van der Waals surface area contributed by atoms with Gasteiger partial charge in [-0.05, 0) is 90.5 Å². The molecule has 1 heteroatoms. The van der Waals surface area contributed by atoms with Gasteiger partial charge in [0.15, 0.2) is 0 Å². The number of fused-ring (bicyclic) bond motifs is 14. The quantitative estimate of drug-likeness (QED) is 0.182. The van der Waals surface area contributed by atoms with Crippen LogP contribution >= 0.6 is 0 Å². The van der Waals surface area contributed by atoms with Gasteiger partial charge in [-0.2, -0.15) is 0 Å². The lowest BCUT2D eigenvalue weighted by Crippen LogP contribution is -2.26. The zero-order valence-corrected chi connectivity index (χ0v) is 28.5. The van der Waals surface area contributed by atoms with Gasteiger partial charge in [0.1, 0.15) is 0 Å². The maximum Gasteiger partial charge on any atom is 0.0726 e. The van der Waals surface area contributed by atoms with E-state index in [4.69, 9.17) is 0 Å². The predicted molar refractivity (Wildman–Crippen MR) is 218 cm³/mol. The number of rotatable bonds is 4. The molecule has 242 valence electrons. The Morgan fingerprint density at radius 1 is 0.327 bits per heavy atom. The third-order valence-corrected chi connectivity index (χ3v) is 11.4. The smallest absolute Gasteiger partial charge is 0.0726 e. The molecule has 0 amide bonds. The Hall–Kier alpha value is -6.70. The largest absolute Gasteiger partial charge is 0.309 e. The van der Waals surface area contributed by atoms with Crippen LogP contribution in [0.2, 0.25) is 0 Å². The summed E-state index contributed by atoms with van der Waals surface area (Å²) in [5.74, 6) is 0. The Morgan fingerprint density at radius 2 is 0.865 bits per heavy atom. The molecule has 0 radical (unpaired) electrons. The van der Waals surface area contributed by atoms with E-state index in [1.807, 2.05) is 0 Å². The van der Waals surface area contributed by atoms with Crippen molar-refractivity contribution >= 4 is 38.6 Å². The lowest BCUT2D eigenvalue weighted by molar-refractivity contribution is 0.795. The number of hydrogen-bond acceptors (Lipinski definition) is 1. The second-order valence-corrected chi connectivity index (χ2v) is 14.0. The van der Waals surface area contributed by atoms with Crippen LogP contribution in [-0.4, -0.2) is 0 Å². The molecule has 0 fully saturated rings. The minimum Gasteiger partial charge on any atom is -0.309 e. The molecule has 2 aliphatic rings. The van der Waals surface area contributed by atoms with E-state index in [2.05, 4.69) is 205 Å². The van der Waals surface area contributed by atoms with Crippen LogP contribution in [0.1, 0.15) is 22.3 Å². The van der Waals surface area contributed by atoms with Crippen molar-refractivity contribution in [3.8, 4) is 33.4 Å². The van der Waals surface area contributed by atoms with Gasteiger partial charge in [-0.25, -0.2) is 0 Å². The van der Waals surface area contributed by atoms with E-state index in [9.17, 15) is 0 Å². The summed E-state index contributed by atoms with van der Waals surface area (Å²) in [6, 6.07) is 74.0. The first-order chi connectivity index (χ1) is 25.8. The van der Waals surface area contributed by atoms with Crippen molar-refractivity contribution in [2.45, 2.75) is 5.41 Å². The first-order valence-electron chi connectivity index (χ1n) is 18.1. The van der Waals surface area contributed by atoms with Gasteiger partial charge in [0.25, 0.3) is 0 Å². The van der Waals surface area contributed by atoms with Gasteiger partial charge < -0.3 is 4.90 Å². The number of anilines is 3. The summed E-state index contributed by atoms with van der Waals surface area (Å²) in [6.45, 7) is 0. The summed E-state index contributed by atoms with van der Waals surface area (Å²) in [7, 11) is 0. The fraction of sp³-hybridized carbons (Fsp3) is 0.0196. The normalized spacial score (nSPS) is 13.2. The van der Waals surface area contributed by atoms with Crippen molar-refractivity contribution in [2.24, 2.45) is 0 Å². The minimum atomic E-state index is -0.484. The Balaban J connectivity index is 1.33. The third-order valence-electron chi connectivity index (χ3n) is 11.4. The van der Waals surface area contributed by atoms with Crippen molar-refractivity contribution in [1.29, 1.82) is 0 Å². The van der Waals surface area contributed by atoms with E-state index < -0.39 is 5.41 Å². The highest BCUT2D eigenvalue weighted by atomic mass is 15.1. The number of para-hydroxylation sites is 2. The maximum atomic E-state index is 2.54. The third kappa shape index (κ3) is 3.88. The van der Waals surface area contributed by atoms with E-state index in [0.29, 0.717) is 0 Å². The fourth-order valence-corrected chi connectivity index (χ4v) is 9.44. The molecule has 0 N–H and O–H groups in total. The van der Waals surface area contributed by atoms with Gasteiger partial charge in [0.2, 0.25) is 0 Å². The van der Waals surface area contributed by atoms with Crippen molar-refractivity contribution in [3.63, 3.8) is 0 Å². The lowest BCUT2D eigenvalue weighted by Gasteiger charge is -2.33. The monoisotopic (exact) mass is 659 g/mol. The van der Waals surface area contributed by atoms with Gasteiger partial charge in [-0.3, -0.25) is 0 Å². The summed E-state index contributed by atoms with van der Waals surface area (Å²) in [4.78, 5) is 2.49. The summed E-state index contributed by atoms with van der Waals surface area (Å²) in [6.07, 6.45) is 0. The second-order valence-electron chi connectivity index (χ2n) is 14.0. The number of hydrogen-bond donors (Lipinski definition) is 0. The van der Waals surface area contributed by atoms with E-state index in [0.717, 1.165) is 11.4 Å². The molecule has 9 aromatic rings. The van der Waals surface area contributed by atoms with Crippen molar-refractivity contribution in [1.82, 2.24) is 0 Å². The first-order valence-corrected chi connectivity index (χ1v) is 18.1. The molecular formula is C51H33N. The Morgan fingerprint density at radius 3 is 1.60 bits per heavy atom. The van der Waals surface area contributed by atoms with Crippen LogP contribution in [0, 0.1) is 0 Å². The number of nitrogens with zero attached hydrogens (tertiary/aromatic N) is 1. The van der Waals surface area contributed by atoms with Crippen LogP contribution in [0.4, 0.5) is 17.1 Å². The molecule has 1 spiro atoms. The van der Waals surface area contributed by atoms with Crippen LogP contribution in [-0.2, 0) is 5.41 Å².